The summed E-state index contributed by atoms with van der Waals surface area (Å²) >= 11 is 3.23. The quantitative estimate of drug-likeness (QED) is 0.883. The van der Waals surface area contributed by atoms with Crippen LogP contribution in [0.1, 0.15) is 22.1 Å². The third-order valence-corrected chi connectivity index (χ3v) is 5.95. The molecule has 2 N–H and O–H groups in total. The average molecular weight is 313 g/mol. The molecular weight excluding hydrogens is 298 g/mol. The zero-order valence-corrected chi connectivity index (χ0v) is 12.4. The minimum absolute atomic E-state index is 0.0436. The minimum atomic E-state index is -1.26. The predicted molar refractivity (Wildman–Crippen MR) is 77.2 cm³/mol. The van der Waals surface area contributed by atoms with Crippen molar-refractivity contribution in [3.05, 3.63) is 21.9 Å². The van der Waals surface area contributed by atoms with E-state index in [9.17, 15) is 14.7 Å². The molecule has 7 heteroatoms. The summed E-state index contributed by atoms with van der Waals surface area (Å²) < 4.78 is 5.16. The topological polar surface area (TPSA) is 75.6 Å². The summed E-state index contributed by atoms with van der Waals surface area (Å²) in [4.78, 5) is 25.1. The number of nitrogens with one attached hydrogen (secondary N) is 1. The molecule has 3 heterocycles. The minimum Gasteiger partial charge on any atom is -0.479 e. The standard InChI is InChI=1S/C13H15NO4S2/c15-11(14-13(12(16)17)3-4-18-7-13)10-8-1-5-19-9(8)2-6-20-10/h1,5,10H,2-4,6-7H2,(H,14,15)(H,16,17). The molecule has 0 aliphatic carbocycles. The monoisotopic (exact) mass is 313 g/mol. The molecule has 1 saturated heterocycles. The normalized spacial score (nSPS) is 28.9. The van der Waals surface area contributed by atoms with Crippen molar-refractivity contribution in [2.24, 2.45) is 0 Å². The Morgan fingerprint density at radius 3 is 3.05 bits per heavy atom. The van der Waals surface area contributed by atoms with Gasteiger partial charge in [0.25, 0.3) is 0 Å². The van der Waals surface area contributed by atoms with E-state index in [2.05, 4.69) is 5.32 Å². The highest BCUT2D eigenvalue weighted by Gasteiger charge is 2.45. The Morgan fingerprint density at radius 1 is 1.50 bits per heavy atom. The fourth-order valence-electron chi connectivity index (χ4n) is 2.55. The van der Waals surface area contributed by atoms with E-state index >= 15 is 0 Å². The molecular formula is C13H15NO4S2. The number of ether oxygens (including phenoxy) is 1. The van der Waals surface area contributed by atoms with Gasteiger partial charge in [-0.25, -0.2) is 4.79 Å². The van der Waals surface area contributed by atoms with Crippen LogP contribution in [0.4, 0.5) is 0 Å². The van der Waals surface area contributed by atoms with E-state index in [1.165, 1.54) is 4.88 Å². The van der Waals surface area contributed by atoms with Crippen LogP contribution < -0.4 is 5.32 Å². The first-order chi connectivity index (χ1) is 9.62. The molecule has 2 unspecified atom stereocenters. The van der Waals surface area contributed by atoms with Crippen molar-refractivity contribution in [1.82, 2.24) is 5.32 Å². The van der Waals surface area contributed by atoms with Crippen LogP contribution in [0.2, 0.25) is 0 Å². The molecule has 5 nitrogen and oxygen atoms in total. The van der Waals surface area contributed by atoms with Gasteiger partial charge in [-0.2, -0.15) is 0 Å². The van der Waals surface area contributed by atoms with Crippen molar-refractivity contribution in [3.8, 4) is 0 Å². The molecule has 0 bridgehead atoms. The highest BCUT2D eigenvalue weighted by Crippen LogP contribution is 2.39. The average Bonchev–Trinajstić information content (AvgIpc) is 3.06. The van der Waals surface area contributed by atoms with E-state index in [0.717, 1.165) is 17.7 Å². The number of carboxylic acids is 1. The summed E-state index contributed by atoms with van der Waals surface area (Å²) in [6, 6.07) is 1.97. The molecule has 108 valence electrons. The maximum Gasteiger partial charge on any atom is 0.331 e. The smallest absolute Gasteiger partial charge is 0.331 e. The zero-order valence-electron chi connectivity index (χ0n) is 10.8. The maximum absolute atomic E-state index is 12.5. The molecule has 2 aliphatic rings. The first-order valence-corrected chi connectivity index (χ1v) is 8.36. The van der Waals surface area contributed by atoms with Crippen molar-refractivity contribution < 1.29 is 19.4 Å². The van der Waals surface area contributed by atoms with Gasteiger partial charge in [-0.15, -0.1) is 23.1 Å². The second-order valence-electron chi connectivity index (χ2n) is 4.98. The number of aliphatic carboxylic acids is 1. The second-order valence-corrected chi connectivity index (χ2v) is 7.19. The van der Waals surface area contributed by atoms with E-state index in [0.29, 0.717) is 13.0 Å². The summed E-state index contributed by atoms with van der Waals surface area (Å²) in [6.45, 7) is 0.413. The summed E-state index contributed by atoms with van der Waals surface area (Å²) in [5.74, 6) is -0.348. The largest absolute Gasteiger partial charge is 0.479 e. The molecule has 0 spiro atoms. The van der Waals surface area contributed by atoms with Gasteiger partial charge in [0.05, 0.1) is 6.61 Å². The van der Waals surface area contributed by atoms with Crippen molar-refractivity contribution in [2.75, 3.05) is 19.0 Å². The second kappa shape index (κ2) is 5.38. The van der Waals surface area contributed by atoms with Gasteiger partial charge in [-0.1, -0.05) is 0 Å². The van der Waals surface area contributed by atoms with Gasteiger partial charge in [0.15, 0.2) is 5.54 Å². The van der Waals surface area contributed by atoms with Crippen molar-refractivity contribution in [3.63, 3.8) is 0 Å². The molecule has 0 radical (unpaired) electrons. The molecule has 3 rings (SSSR count). The highest BCUT2D eigenvalue weighted by atomic mass is 32.2. The van der Waals surface area contributed by atoms with E-state index in [1.54, 1.807) is 23.1 Å². The SMILES string of the molecule is O=C(NC1(C(=O)O)CCOC1)C1SCCc2sccc21. The highest BCUT2D eigenvalue weighted by molar-refractivity contribution is 8.00. The van der Waals surface area contributed by atoms with Crippen LogP contribution in [0, 0.1) is 0 Å². The van der Waals surface area contributed by atoms with Crippen LogP contribution in [-0.4, -0.2) is 41.5 Å². The van der Waals surface area contributed by atoms with Gasteiger partial charge in [0, 0.05) is 17.9 Å². The summed E-state index contributed by atoms with van der Waals surface area (Å²) in [7, 11) is 0. The number of aryl methyl sites for hydroxylation is 1. The van der Waals surface area contributed by atoms with Crippen LogP contribution in [-0.2, 0) is 20.7 Å². The molecule has 0 aromatic carbocycles. The number of rotatable bonds is 3. The Morgan fingerprint density at radius 2 is 2.35 bits per heavy atom. The molecule has 1 aromatic rings. The molecule has 2 atom stereocenters. The van der Waals surface area contributed by atoms with E-state index in [1.807, 2.05) is 11.4 Å². The lowest BCUT2D eigenvalue weighted by molar-refractivity contribution is -0.147. The lowest BCUT2D eigenvalue weighted by atomic mass is 9.98. The van der Waals surface area contributed by atoms with Gasteiger partial charge in [-0.3, -0.25) is 4.79 Å². The van der Waals surface area contributed by atoms with E-state index < -0.39 is 11.5 Å². The van der Waals surface area contributed by atoms with Crippen molar-refractivity contribution >= 4 is 35.0 Å². The number of amides is 1. The zero-order chi connectivity index (χ0) is 14.2. The van der Waals surface area contributed by atoms with Gasteiger partial charge >= 0.3 is 5.97 Å². The van der Waals surface area contributed by atoms with Gasteiger partial charge in [0.2, 0.25) is 5.91 Å². The Hall–Kier alpha value is -1.05. The number of carbonyl (C=O) groups is 2. The summed E-state index contributed by atoms with van der Waals surface area (Å²) in [6.07, 6.45) is 1.30. The Balaban J connectivity index is 1.79. The Bertz CT molecular complexity index is 536. The number of carboxylic acid groups (broad SMARTS) is 1. The Kier molecular flexibility index (Phi) is 3.74. The first-order valence-electron chi connectivity index (χ1n) is 6.43. The predicted octanol–water partition coefficient (Wildman–Crippen LogP) is 1.44. The molecule has 2 aliphatic heterocycles. The molecule has 1 aromatic heterocycles. The third kappa shape index (κ3) is 2.34. The molecule has 1 fully saturated rings. The van der Waals surface area contributed by atoms with E-state index in [-0.39, 0.29) is 17.8 Å². The number of thiophene rings is 1. The van der Waals surface area contributed by atoms with Crippen LogP contribution in [0.15, 0.2) is 11.4 Å². The third-order valence-electron chi connectivity index (χ3n) is 3.71. The number of thioether (sulfide) groups is 1. The van der Waals surface area contributed by atoms with Gasteiger partial charge in [-0.05, 0) is 29.2 Å². The lowest BCUT2D eigenvalue weighted by Gasteiger charge is -2.28. The fraction of sp³-hybridized carbons (Fsp3) is 0.538. The van der Waals surface area contributed by atoms with Gasteiger partial charge < -0.3 is 15.2 Å². The van der Waals surface area contributed by atoms with Gasteiger partial charge in [0.1, 0.15) is 5.25 Å². The fourth-order valence-corrected chi connectivity index (χ4v) is 4.84. The first kappa shape index (κ1) is 13.9. The van der Waals surface area contributed by atoms with Crippen LogP contribution in [0.3, 0.4) is 0 Å². The van der Waals surface area contributed by atoms with Crippen LogP contribution in [0.25, 0.3) is 0 Å². The Labute approximate surface area is 124 Å². The van der Waals surface area contributed by atoms with Crippen LogP contribution in [0.5, 0.6) is 0 Å². The number of hydrogen-bond acceptors (Lipinski definition) is 5. The summed E-state index contributed by atoms with van der Waals surface area (Å²) in [5, 5.41) is 13.8. The maximum atomic E-state index is 12.5. The summed E-state index contributed by atoms with van der Waals surface area (Å²) in [5.41, 5.74) is -0.228. The molecule has 20 heavy (non-hydrogen) atoms. The number of carbonyl (C=O) groups excluding carboxylic acids is 1. The van der Waals surface area contributed by atoms with E-state index in [4.69, 9.17) is 4.74 Å². The molecule has 1 amide bonds. The van der Waals surface area contributed by atoms with Crippen molar-refractivity contribution in [2.45, 2.75) is 23.6 Å². The van der Waals surface area contributed by atoms with Crippen molar-refractivity contribution in [1.29, 1.82) is 0 Å². The number of hydrogen-bond donors (Lipinski definition) is 2. The molecule has 0 saturated carbocycles. The lowest BCUT2D eigenvalue weighted by Crippen LogP contribution is -2.56. The number of fused-ring (bicyclic) bond motifs is 1. The van der Waals surface area contributed by atoms with Crippen LogP contribution >= 0.6 is 23.1 Å².